The number of carboxylic acids is 1. The second-order valence-corrected chi connectivity index (χ2v) is 5.51. The van der Waals surface area contributed by atoms with Gasteiger partial charge in [0, 0.05) is 0 Å². The predicted octanol–water partition coefficient (Wildman–Crippen LogP) is 3.26. The number of likely N-dealkylation sites (tertiary alicyclic amines) is 1. The van der Waals surface area contributed by atoms with E-state index in [4.69, 9.17) is 4.42 Å². The number of hydrogen-bond donors (Lipinski definition) is 1. The lowest BCUT2D eigenvalue weighted by Gasteiger charge is -2.29. The lowest BCUT2D eigenvalue weighted by molar-refractivity contribution is -0.144. The van der Waals surface area contributed by atoms with E-state index in [2.05, 4.69) is 15.9 Å². The van der Waals surface area contributed by atoms with Crippen LogP contribution in [0, 0.1) is 0 Å². The smallest absolute Gasteiger partial charge is 0.320 e. The molecule has 1 N–H and O–H groups in total. The van der Waals surface area contributed by atoms with Crippen LogP contribution in [-0.4, -0.2) is 28.6 Å². The summed E-state index contributed by atoms with van der Waals surface area (Å²) in [7, 11) is 0. The van der Waals surface area contributed by atoms with Gasteiger partial charge in [0.25, 0.3) is 0 Å². The normalized spacial score (nSPS) is 22.4. The number of halogens is 1. The Morgan fingerprint density at radius 1 is 1.39 bits per heavy atom. The predicted molar refractivity (Wildman–Crippen MR) is 71.3 cm³/mol. The molecular weight excluding hydrogens is 298 g/mol. The monoisotopic (exact) mass is 315 g/mol. The number of rotatable bonds is 3. The van der Waals surface area contributed by atoms with E-state index in [9.17, 15) is 9.90 Å². The number of furan rings is 1. The van der Waals surface area contributed by atoms with Crippen molar-refractivity contribution in [2.75, 3.05) is 6.54 Å². The molecule has 18 heavy (non-hydrogen) atoms. The lowest BCUT2D eigenvalue weighted by atomic mass is 10.0. The molecule has 1 aliphatic heterocycles. The molecule has 0 aliphatic carbocycles. The molecule has 5 heteroatoms. The van der Waals surface area contributed by atoms with E-state index in [0.29, 0.717) is 11.2 Å². The van der Waals surface area contributed by atoms with Gasteiger partial charge in [-0.15, -0.1) is 0 Å². The average Bonchev–Trinajstić information content (AvgIpc) is 2.67. The first-order valence-electron chi connectivity index (χ1n) is 6.38. The summed E-state index contributed by atoms with van der Waals surface area (Å²) in [6, 6.07) is 3.35. The second kappa shape index (κ2) is 6.38. The zero-order valence-electron chi connectivity index (χ0n) is 10.3. The van der Waals surface area contributed by atoms with Crippen LogP contribution in [0.5, 0.6) is 0 Å². The van der Waals surface area contributed by atoms with Crippen LogP contribution in [-0.2, 0) is 11.3 Å². The Morgan fingerprint density at radius 2 is 2.17 bits per heavy atom. The molecule has 0 radical (unpaired) electrons. The van der Waals surface area contributed by atoms with Gasteiger partial charge >= 0.3 is 5.97 Å². The molecule has 1 fully saturated rings. The topological polar surface area (TPSA) is 53.7 Å². The molecule has 2 heterocycles. The summed E-state index contributed by atoms with van der Waals surface area (Å²) < 4.78 is 6.16. The van der Waals surface area contributed by atoms with E-state index in [1.807, 2.05) is 17.0 Å². The lowest BCUT2D eigenvalue weighted by Crippen LogP contribution is -2.42. The summed E-state index contributed by atoms with van der Waals surface area (Å²) >= 11 is 3.27. The average molecular weight is 316 g/mol. The Balaban J connectivity index is 2.06. The Bertz CT molecular complexity index is 405. The fraction of sp³-hybridized carbons (Fsp3) is 0.615. The number of nitrogens with zero attached hydrogens (tertiary/aromatic N) is 1. The minimum absolute atomic E-state index is 0.380. The molecule has 0 amide bonds. The second-order valence-electron chi connectivity index (χ2n) is 4.73. The van der Waals surface area contributed by atoms with Crippen LogP contribution in [0.25, 0.3) is 0 Å². The summed E-state index contributed by atoms with van der Waals surface area (Å²) in [5.41, 5.74) is 0. The quantitative estimate of drug-likeness (QED) is 0.930. The van der Waals surface area contributed by atoms with Gasteiger partial charge in [-0.1, -0.05) is 19.3 Å². The van der Waals surface area contributed by atoms with E-state index in [-0.39, 0.29) is 6.04 Å². The van der Waals surface area contributed by atoms with Gasteiger partial charge in [-0.3, -0.25) is 9.69 Å². The third kappa shape index (κ3) is 3.59. The van der Waals surface area contributed by atoms with Crippen LogP contribution in [0.3, 0.4) is 0 Å². The van der Waals surface area contributed by atoms with Crippen molar-refractivity contribution in [2.45, 2.75) is 44.7 Å². The molecule has 0 saturated carbocycles. The molecule has 1 aromatic heterocycles. The molecule has 1 saturated heterocycles. The maximum absolute atomic E-state index is 11.3. The molecular formula is C13H18BrNO3. The van der Waals surface area contributed by atoms with Gasteiger partial charge in [0.1, 0.15) is 11.8 Å². The van der Waals surface area contributed by atoms with Crippen LogP contribution in [0.1, 0.15) is 37.9 Å². The van der Waals surface area contributed by atoms with Gasteiger partial charge in [-0.25, -0.2) is 0 Å². The molecule has 1 aromatic rings. The van der Waals surface area contributed by atoms with Crippen LogP contribution in [0.15, 0.2) is 21.2 Å². The molecule has 1 aliphatic rings. The summed E-state index contributed by atoms with van der Waals surface area (Å²) in [5.74, 6) is 0.0937. The summed E-state index contributed by atoms with van der Waals surface area (Å²) in [5, 5.41) is 9.33. The highest BCUT2D eigenvalue weighted by molar-refractivity contribution is 9.10. The third-order valence-corrected chi connectivity index (χ3v) is 3.81. The molecule has 2 rings (SSSR count). The zero-order chi connectivity index (χ0) is 13.0. The van der Waals surface area contributed by atoms with Crippen molar-refractivity contribution < 1.29 is 14.3 Å². The highest BCUT2D eigenvalue weighted by Gasteiger charge is 2.26. The van der Waals surface area contributed by atoms with Gasteiger partial charge < -0.3 is 9.52 Å². The first-order chi connectivity index (χ1) is 8.66. The Morgan fingerprint density at radius 3 is 2.83 bits per heavy atom. The van der Waals surface area contributed by atoms with Gasteiger partial charge in [0.2, 0.25) is 0 Å². The molecule has 1 unspecified atom stereocenters. The number of carboxylic acid groups (broad SMARTS) is 1. The van der Waals surface area contributed by atoms with Crippen LogP contribution in [0.2, 0.25) is 0 Å². The third-order valence-electron chi connectivity index (χ3n) is 3.39. The molecule has 0 aromatic carbocycles. The Kier molecular flexibility index (Phi) is 4.83. The van der Waals surface area contributed by atoms with Crippen LogP contribution < -0.4 is 0 Å². The van der Waals surface area contributed by atoms with E-state index in [1.165, 1.54) is 6.42 Å². The van der Waals surface area contributed by atoms with E-state index < -0.39 is 5.97 Å². The number of carbonyl (C=O) groups is 1. The standard InChI is InChI=1S/C13H18BrNO3/c14-12-7-6-10(18-12)9-15-8-4-2-1-3-5-11(15)13(16)17/h6-7,11H,1-5,8-9H2,(H,16,17). The zero-order valence-corrected chi connectivity index (χ0v) is 11.9. The molecule has 0 spiro atoms. The molecule has 0 bridgehead atoms. The van der Waals surface area contributed by atoms with Crippen molar-refractivity contribution in [1.29, 1.82) is 0 Å². The Labute approximate surface area is 115 Å². The maximum atomic E-state index is 11.3. The Hall–Kier alpha value is -0.810. The van der Waals surface area contributed by atoms with Crippen molar-refractivity contribution in [2.24, 2.45) is 0 Å². The summed E-state index contributed by atoms with van der Waals surface area (Å²) in [4.78, 5) is 13.4. The van der Waals surface area contributed by atoms with Crippen molar-refractivity contribution in [3.8, 4) is 0 Å². The molecule has 100 valence electrons. The van der Waals surface area contributed by atoms with E-state index in [1.54, 1.807) is 0 Å². The van der Waals surface area contributed by atoms with Gasteiger partial charge in [0.05, 0.1) is 6.54 Å². The maximum Gasteiger partial charge on any atom is 0.320 e. The van der Waals surface area contributed by atoms with Gasteiger partial charge in [-0.2, -0.15) is 0 Å². The largest absolute Gasteiger partial charge is 0.480 e. The molecule has 4 nitrogen and oxygen atoms in total. The van der Waals surface area contributed by atoms with Crippen LogP contribution >= 0.6 is 15.9 Å². The first-order valence-corrected chi connectivity index (χ1v) is 7.17. The van der Waals surface area contributed by atoms with Crippen molar-refractivity contribution in [1.82, 2.24) is 4.90 Å². The first kappa shape index (κ1) is 13.6. The van der Waals surface area contributed by atoms with Gasteiger partial charge in [0.15, 0.2) is 4.67 Å². The fourth-order valence-electron chi connectivity index (χ4n) is 2.45. The summed E-state index contributed by atoms with van der Waals surface area (Å²) in [6.45, 7) is 1.40. The van der Waals surface area contributed by atoms with Crippen molar-refractivity contribution in [3.05, 3.63) is 22.6 Å². The number of aliphatic carboxylic acids is 1. The highest BCUT2D eigenvalue weighted by atomic mass is 79.9. The van der Waals surface area contributed by atoms with E-state index in [0.717, 1.165) is 38.0 Å². The minimum atomic E-state index is -0.720. The highest BCUT2D eigenvalue weighted by Crippen LogP contribution is 2.21. The SMILES string of the molecule is O=C(O)C1CCCCCCN1Cc1ccc(Br)o1. The molecule has 1 atom stereocenters. The van der Waals surface area contributed by atoms with Crippen molar-refractivity contribution >= 4 is 21.9 Å². The van der Waals surface area contributed by atoms with Gasteiger partial charge in [-0.05, 0) is 47.4 Å². The van der Waals surface area contributed by atoms with E-state index >= 15 is 0 Å². The fourth-order valence-corrected chi connectivity index (χ4v) is 2.79. The van der Waals surface area contributed by atoms with Crippen molar-refractivity contribution in [3.63, 3.8) is 0 Å². The summed E-state index contributed by atoms with van der Waals surface area (Å²) in [6.07, 6.45) is 5.12. The van der Waals surface area contributed by atoms with Crippen LogP contribution in [0.4, 0.5) is 0 Å². The number of hydrogen-bond acceptors (Lipinski definition) is 3. The minimum Gasteiger partial charge on any atom is -0.480 e.